The molecular formula is C20H29N7O4. The van der Waals surface area contributed by atoms with Crippen molar-refractivity contribution in [2.75, 3.05) is 17.8 Å². The highest BCUT2D eigenvalue weighted by Crippen LogP contribution is 2.12. The second-order valence-corrected chi connectivity index (χ2v) is 8.28. The van der Waals surface area contributed by atoms with Gasteiger partial charge in [-0.15, -0.1) is 0 Å². The standard InChI is InChI=1S/C20H29N7O4/c1-12-8-23-17(25-26-19(30)31-11-20(3,4)5)18(29)27(12)10-16(28)22-9-14-6-7-15(21)24-13(14)2/h6-8H,9-11H2,1-5H3,(H2,21,24)(H,22,28)(H,23,25)(H,26,30). The Hall–Kier alpha value is -3.63. The highest BCUT2D eigenvalue weighted by Gasteiger charge is 2.15. The monoisotopic (exact) mass is 431 g/mol. The number of anilines is 2. The van der Waals surface area contributed by atoms with E-state index < -0.39 is 11.7 Å². The number of nitrogens with two attached hydrogens (primary N) is 1. The number of nitrogen functional groups attached to an aromatic ring is 1. The Labute approximate surface area is 180 Å². The zero-order valence-electron chi connectivity index (χ0n) is 18.4. The van der Waals surface area contributed by atoms with E-state index in [9.17, 15) is 14.4 Å². The maximum absolute atomic E-state index is 12.7. The molecule has 0 radical (unpaired) electrons. The van der Waals surface area contributed by atoms with Gasteiger partial charge in [0, 0.05) is 24.1 Å². The molecule has 5 N–H and O–H groups in total. The number of amides is 2. The molecule has 2 amide bonds. The molecule has 0 fully saturated rings. The van der Waals surface area contributed by atoms with Gasteiger partial charge in [-0.05, 0) is 30.9 Å². The Balaban J connectivity index is 1.99. The van der Waals surface area contributed by atoms with Crippen LogP contribution in [0.5, 0.6) is 0 Å². The largest absolute Gasteiger partial charge is 0.448 e. The van der Waals surface area contributed by atoms with Gasteiger partial charge in [-0.3, -0.25) is 19.6 Å². The first kappa shape index (κ1) is 23.6. The lowest BCUT2D eigenvalue weighted by Gasteiger charge is -2.18. The van der Waals surface area contributed by atoms with Gasteiger partial charge in [0.05, 0.1) is 6.61 Å². The fourth-order valence-electron chi connectivity index (χ4n) is 2.47. The van der Waals surface area contributed by atoms with Crippen LogP contribution in [0.2, 0.25) is 0 Å². The van der Waals surface area contributed by atoms with Crippen LogP contribution in [0.1, 0.15) is 37.7 Å². The normalized spacial score (nSPS) is 11.0. The van der Waals surface area contributed by atoms with Crippen LogP contribution in [0, 0.1) is 19.3 Å². The summed E-state index contributed by atoms with van der Waals surface area (Å²) >= 11 is 0. The molecule has 0 aliphatic carbocycles. The van der Waals surface area contributed by atoms with E-state index in [-0.39, 0.29) is 36.8 Å². The van der Waals surface area contributed by atoms with Crippen molar-refractivity contribution in [1.29, 1.82) is 0 Å². The number of nitrogens with zero attached hydrogens (tertiary/aromatic N) is 3. The van der Waals surface area contributed by atoms with Crippen LogP contribution in [0.3, 0.4) is 0 Å². The van der Waals surface area contributed by atoms with E-state index >= 15 is 0 Å². The van der Waals surface area contributed by atoms with E-state index in [1.165, 1.54) is 10.8 Å². The van der Waals surface area contributed by atoms with Gasteiger partial charge in [-0.2, -0.15) is 0 Å². The molecule has 31 heavy (non-hydrogen) atoms. The number of ether oxygens (including phenoxy) is 1. The molecule has 0 aromatic carbocycles. The van der Waals surface area contributed by atoms with Crippen molar-refractivity contribution in [3.05, 3.63) is 45.6 Å². The summed E-state index contributed by atoms with van der Waals surface area (Å²) in [5, 5.41) is 2.75. The lowest BCUT2D eigenvalue weighted by atomic mass is 9.99. The molecule has 0 bridgehead atoms. The smallest absolute Gasteiger partial charge is 0.426 e. The van der Waals surface area contributed by atoms with Gasteiger partial charge in [0.25, 0.3) is 5.56 Å². The molecule has 11 nitrogen and oxygen atoms in total. The van der Waals surface area contributed by atoms with E-state index in [0.717, 1.165) is 5.56 Å². The number of aromatic nitrogens is 3. The number of nitrogens with one attached hydrogen (secondary N) is 3. The molecular weight excluding hydrogens is 402 g/mol. The molecule has 0 unspecified atom stereocenters. The number of carbonyl (C=O) groups excluding carboxylic acids is 2. The number of aryl methyl sites for hydroxylation is 2. The molecule has 0 spiro atoms. The van der Waals surface area contributed by atoms with Gasteiger partial charge in [0.15, 0.2) is 0 Å². The van der Waals surface area contributed by atoms with Gasteiger partial charge in [-0.25, -0.2) is 20.2 Å². The van der Waals surface area contributed by atoms with Gasteiger partial charge >= 0.3 is 6.09 Å². The van der Waals surface area contributed by atoms with Gasteiger partial charge in [0.1, 0.15) is 12.4 Å². The number of rotatable bonds is 7. The van der Waals surface area contributed by atoms with Crippen molar-refractivity contribution >= 4 is 23.6 Å². The molecule has 0 aliphatic heterocycles. The average Bonchev–Trinajstić information content (AvgIpc) is 2.67. The topological polar surface area (TPSA) is 153 Å². The van der Waals surface area contributed by atoms with Gasteiger partial charge in [-0.1, -0.05) is 26.8 Å². The Morgan fingerprint density at radius 2 is 1.94 bits per heavy atom. The van der Waals surface area contributed by atoms with Crippen molar-refractivity contribution in [3.8, 4) is 0 Å². The summed E-state index contributed by atoms with van der Waals surface area (Å²) < 4.78 is 6.30. The summed E-state index contributed by atoms with van der Waals surface area (Å²) in [5.41, 5.74) is 11.6. The maximum atomic E-state index is 12.7. The molecule has 0 saturated carbocycles. The predicted octanol–water partition coefficient (Wildman–Crippen LogP) is 1.25. The van der Waals surface area contributed by atoms with Crippen LogP contribution in [0.4, 0.5) is 16.4 Å². The number of hydrogen-bond acceptors (Lipinski definition) is 8. The fraction of sp³-hybridized carbons (Fsp3) is 0.450. The minimum Gasteiger partial charge on any atom is -0.448 e. The summed E-state index contributed by atoms with van der Waals surface area (Å²) in [6, 6.07) is 3.44. The van der Waals surface area contributed by atoms with E-state index in [1.807, 2.05) is 20.8 Å². The zero-order valence-corrected chi connectivity index (χ0v) is 18.4. The van der Waals surface area contributed by atoms with E-state index in [1.54, 1.807) is 26.0 Å². The number of hydrogen-bond donors (Lipinski definition) is 4. The minimum atomic E-state index is -0.742. The SMILES string of the molecule is Cc1nc(N)ccc1CNC(=O)Cn1c(C)cnc(NNC(=O)OCC(C)(C)C)c1=O. The molecule has 2 rings (SSSR count). The third-order valence-corrected chi connectivity index (χ3v) is 4.17. The van der Waals surface area contributed by atoms with Crippen molar-refractivity contribution in [2.24, 2.45) is 5.41 Å². The Morgan fingerprint density at radius 1 is 1.23 bits per heavy atom. The van der Waals surface area contributed by atoms with Crippen LogP contribution in [-0.4, -0.2) is 33.1 Å². The summed E-state index contributed by atoms with van der Waals surface area (Å²) in [5.74, 6) is -0.0942. The van der Waals surface area contributed by atoms with E-state index in [2.05, 4.69) is 26.1 Å². The quantitative estimate of drug-likeness (QED) is 0.478. The third kappa shape index (κ3) is 7.28. The number of carbonyl (C=O) groups is 2. The molecule has 2 heterocycles. The third-order valence-electron chi connectivity index (χ3n) is 4.17. The average molecular weight is 431 g/mol. The zero-order chi connectivity index (χ0) is 23.2. The lowest BCUT2D eigenvalue weighted by molar-refractivity contribution is -0.121. The first-order valence-electron chi connectivity index (χ1n) is 9.70. The molecule has 0 atom stereocenters. The molecule has 168 valence electrons. The number of pyridine rings is 1. The maximum Gasteiger partial charge on any atom is 0.426 e. The summed E-state index contributed by atoms with van der Waals surface area (Å²) in [7, 11) is 0. The second kappa shape index (κ2) is 9.92. The first-order chi connectivity index (χ1) is 14.5. The van der Waals surface area contributed by atoms with Crippen molar-refractivity contribution in [2.45, 2.75) is 47.7 Å². The Kier molecular flexibility index (Phi) is 7.56. The molecule has 2 aromatic heterocycles. The summed E-state index contributed by atoms with van der Waals surface area (Å²) in [6.45, 7) is 9.46. The van der Waals surface area contributed by atoms with Crippen LogP contribution in [0.25, 0.3) is 0 Å². The lowest BCUT2D eigenvalue weighted by Crippen LogP contribution is -2.38. The van der Waals surface area contributed by atoms with Crippen molar-refractivity contribution in [1.82, 2.24) is 25.3 Å². The Morgan fingerprint density at radius 3 is 2.58 bits per heavy atom. The van der Waals surface area contributed by atoms with E-state index in [0.29, 0.717) is 17.2 Å². The predicted molar refractivity (Wildman–Crippen MR) is 116 cm³/mol. The van der Waals surface area contributed by atoms with E-state index in [4.69, 9.17) is 10.5 Å². The second-order valence-electron chi connectivity index (χ2n) is 8.28. The number of hydrazine groups is 1. The summed E-state index contributed by atoms with van der Waals surface area (Å²) in [4.78, 5) is 44.9. The molecule has 0 saturated heterocycles. The molecule has 11 heteroatoms. The fourth-order valence-corrected chi connectivity index (χ4v) is 2.47. The molecule has 2 aromatic rings. The Bertz CT molecular complexity index is 1010. The first-order valence-corrected chi connectivity index (χ1v) is 9.70. The van der Waals surface area contributed by atoms with Crippen LogP contribution < -0.4 is 27.5 Å². The highest BCUT2D eigenvalue weighted by atomic mass is 16.6. The van der Waals surface area contributed by atoms with Crippen molar-refractivity contribution in [3.63, 3.8) is 0 Å². The van der Waals surface area contributed by atoms with Crippen LogP contribution in [-0.2, 0) is 22.6 Å². The van der Waals surface area contributed by atoms with Gasteiger partial charge in [0.2, 0.25) is 11.7 Å². The highest BCUT2D eigenvalue weighted by molar-refractivity contribution is 5.76. The molecule has 0 aliphatic rings. The van der Waals surface area contributed by atoms with Crippen LogP contribution in [0.15, 0.2) is 23.1 Å². The van der Waals surface area contributed by atoms with Crippen LogP contribution >= 0.6 is 0 Å². The van der Waals surface area contributed by atoms with Crippen molar-refractivity contribution < 1.29 is 14.3 Å². The van der Waals surface area contributed by atoms with Gasteiger partial charge < -0.3 is 15.8 Å². The summed E-state index contributed by atoms with van der Waals surface area (Å²) in [6.07, 6.45) is 0.682. The minimum absolute atomic E-state index is 0.135.